The summed E-state index contributed by atoms with van der Waals surface area (Å²) >= 11 is 1.68. The maximum atomic E-state index is 13.3. The van der Waals surface area contributed by atoms with Gasteiger partial charge in [0.15, 0.2) is 5.16 Å². The summed E-state index contributed by atoms with van der Waals surface area (Å²) in [7, 11) is -3.46. The number of sulfonamides is 1. The second kappa shape index (κ2) is 9.62. The zero-order valence-corrected chi connectivity index (χ0v) is 20.5. The van der Waals surface area contributed by atoms with Gasteiger partial charge in [0.25, 0.3) is 0 Å². The van der Waals surface area contributed by atoms with Crippen molar-refractivity contribution in [3.63, 3.8) is 0 Å². The highest BCUT2D eigenvalue weighted by Gasteiger charge is 2.29. The molecule has 174 valence electrons. The van der Waals surface area contributed by atoms with Crippen LogP contribution >= 0.6 is 11.8 Å². The highest BCUT2D eigenvalue weighted by Crippen LogP contribution is 2.27. The average molecular weight is 483 g/mol. The quantitative estimate of drug-likeness (QED) is 0.374. The fourth-order valence-electron chi connectivity index (χ4n) is 4.76. The van der Waals surface area contributed by atoms with E-state index in [-0.39, 0.29) is 0 Å². The van der Waals surface area contributed by atoms with E-state index in [1.807, 2.05) is 36.4 Å². The van der Waals surface area contributed by atoms with Crippen molar-refractivity contribution in [2.45, 2.75) is 42.4 Å². The van der Waals surface area contributed by atoms with Crippen LogP contribution in [0.25, 0.3) is 11.0 Å². The lowest BCUT2D eigenvalue weighted by molar-refractivity contribution is 0.150. The first-order valence-corrected chi connectivity index (χ1v) is 14.0. The third-order valence-electron chi connectivity index (χ3n) is 6.58. The molecule has 1 saturated heterocycles. The largest absolute Gasteiger partial charge is 0.305 e. The van der Waals surface area contributed by atoms with Crippen LogP contribution in [-0.4, -0.2) is 59.1 Å². The normalized spacial score (nSPS) is 17.8. The molecule has 1 aliphatic heterocycles. The Morgan fingerprint density at radius 1 is 1.00 bits per heavy atom. The fraction of sp³-hybridized carbons (Fsp3) is 0.400. The van der Waals surface area contributed by atoms with Crippen molar-refractivity contribution in [2.75, 3.05) is 31.9 Å². The Bertz CT molecular complexity index is 1260. The molecule has 0 spiro atoms. The number of imidazole rings is 1. The van der Waals surface area contributed by atoms with Crippen LogP contribution in [0.15, 0.2) is 65.2 Å². The van der Waals surface area contributed by atoms with Gasteiger partial charge < -0.3 is 4.57 Å². The van der Waals surface area contributed by atoms with E-state index >= 15 is 0 Å². The summed E-state index contributed by atoms with van der Waals surface area (Å²) < 4.78 is 30.5. The minimum absolute atomic E-state index is 0.445. The first-order chi connectivity index (χ1) is 16.1. The summed E-state index contributed by atoms with van der Waals surface area (Å²) in [5.41, 5.74) is 4.60. The van der Waals surface area contributed by atoms with Crippen LogP contribution in [-0.2, 0) is 29.5 Å². The van der Waals surface area contributed by atoms with Crippen LogP contribution in [0.2, 0.25) is 0 Å². The van der Waals surface area contributed by atoms with E-state index in [2.05, 4.69) is 22.1 Å². The molecule has 2 heterocycles. The standard InChI is InChI=1S/C25H30N4O2S2/c1-2-17-32-25-26-23-9-5-6-10-24(23)29(25)19-27-13-15-28(16-14-27)33(30,31)22-12-11-20-7-3-4-8-21(20)18-22/h2,5-6,9-12,18H,1,3-4,7-8,13-17,19H2. The third kappa shape index (κ3) is 4.62. The van der Waals surface area contributed by atoms with Gasteiger partial charge in [-0.2, -0.15) is 4.31 Å². The van der Waals surface area contributed by atoms with E-state index in [0.717, 1.165) is 41.2 Å². The van der Waals surface area contributed by atoms with Gasteiger partial charge in [0, 0.05) is 31.9 Å². The first kappa shape index (κ1) is 22.7. The van der Waals surface area contributed by atoms with E-state index < -0.39 is 10.0 Å². The van der Waals surface area contributed by atoms with Crippen molar-refractivity contribution in [1.82, 2.24) is 18.8 Å². The number of para-hydroxylation sites is 2. The van der Waals surface area contributed by atoms with Crippen molar-refractivity contribution >= 4 is 32.8 Å². The Morgan fingerprint density at radius 2 is 1.76 bits per heavy atom. The Hall–Kier alpha value is -2.13. The number of hydrogen-bond acceptors (Lipinski definition) is 5. The lowest BCUT2D eigenvalue weighted by Crippen LogP contribution is -2.48. The summed E-state index contributed by atoms with van der Waals surface area (Å²) in [6, 6.07) is 13.9. The van der Waals surface area contributed by atoms with Gasteiger partial charge in [0.05, 0.1) is 22.6 Å². The number of thioether (sulfide) groups is 1. The molecule has 3 aromatic rings. The molecule has 6 nitrogen and oxygen atoms in total. The average Bonchev–Trinajstić information content (AvgIpc) is 3.20. The van der Waals surface area contributed by atoms with Crippen molar-refractivity contribution in [3.05, 3.63) is 66.2 Å². The monoisotopic (exact) mass is 482 g/mol. The molecule has 1 aliphatic carbocycles. The summed E-state index contributed by atoms with van der Waals surface area (Å²) in [4.78, 5) is 7.55. The molecule has 2 aliphatic rings. The van der Waals surface area contributed by atoms with Crippen LogP contribution in [0.1, 0.15) is 24.0 Å². The highest BCUT2D eigenvalue weighted by atomic mass is 32.2. The second-order valence-electron chi connectivity index (χ2n) is 8.71. The molecule has 0 radical (unpaired) electrons. The lowest BCUT2D eigenvalue weighted by Gasteiger charge is -2.34. The van der Waals surface area contributed by atoms with Gasteiger partial charge in [0.1, 0.15) is 0 Å². The van der Waals surface area contributed by atoms with Crippen molar-refractivity contribution in [2.24, 2.45) is 0 Å². The zero-order valence-electron chi connectivity index (χ0n) is 18.8. The lowest BCUT2D eigenvalue weighted by atomic mass is 9.92. The topological polar surface area (TPSA) is 58.4 Å². The zero-order chi connectivity index (χ0) is 22.8. The number of hydrogen-bond donors (Lipinski definition) is 0. The van der Waals surface area contributed by atoms with Gasteiger partial charge in [0.2, 0.25) is 10.0 Å². The smallest absolute Gasteiger partial charge is 0.243 e. The summed E-state index contributed by atoms with van der Waals surface area (Å²) in [6.07, 6.45) is 6.27. The van der Waals surface area contributed by atoms with Crippen molar-refractivity contribution in [1.29, 1.82) is 0 Å². The molecule has 33 heavy (non-hydrogen) atoms. The number of fused-ring (bicyclic) bond motifs is 2. The van der Waals surface area contributed by atoms with E-state index in [1.54, 1.807) is 22.1 Å². The van der Waals surface area contributed by atoms with Crippen LogP contribution in [0.5, 0.6) is 0 Å². The van der Waals surface area contributed by atoms with Crippen LogP contribution in [0.3, 0.4) is 0 Å². The summed E-state index contributed by atoms with van der Waals surface area (Å²) in [5, 5.41) is 0.972. The van der Waals surface area contributed by atoms with E-state index in [4.69, 9.17) is 4.98 Å². The van der Waals surface area contributed by atoms with Crippen LogP contribution < -0.4 is 0 Å². The predicted octanol–water partition coefficient (Wildman–Crippen LogP) is 4.16. The van der Waals surface area contributed by atoms with Crippen LogP contribution in [0.4, 0.5) is 0 Å². The fourth-order valence-corrected chi connectivity index (χ4v) is 6.98. The molecule has 0 saturated carbocycles. The van der Waals surface area contributed by atoms with Gasteiger partial charge >= 0.3 is 0 Å². The van der Waals surface area contributed by atoms with E-state index in [9.17, 15) is 8.42 Å². The minimum atomic E-state index is -3.46. The number of aromatic nitrogens is 2. The molecule has 2 aromatic carbocycles. The summed E-state index contributed by atoms with van der Waals surface area (Å²) in [5.74, 6) is 0.802. The van der Waals surface area contributed by atoms with Gasteiger partial charge in [-0.25, -0.2) is 13.4 Å². The Morgan fingerprint density at radius 3 is 2.55 bits per heavy atom. The maximum absolute atomic E-state index is 13.3. The number of rotatable bonds is 7. The number of aryl methyl sites for hydroxylation is 2. The Labute approximate surface area is 200 Å². The molecule has 0 N–H and O–H groups in total. The van der Waals surface area contributed by atoms with Gasteiger partial charge in [-0.15, -0.1) is 6.58 Å². The molecule has 1 aromatic heterocycles. The predicted molar refractivity (Wildman–Crippen MR) is 134 cm³/mol. The molecule has 1 fully saturated rings. The molecular weight excluding hydrogens is 452 g/mol. The maximum Gasteiger partial charge on any atom is 0.243 e. The molecule has 0 unspecified atom stereocenters. The molecule has 0 amide bonds. The molecule has 8 heteroatoms. The molecule has 5 rings (SSSR count). The van der Waals surface area contributed by atoms with Gasteiger partial charge in [-0.1, -0.05) is 36.0 Å². The molecular formula is C25H30N4O2S2. The SMILES string of the molecule is C=CCSc1nc2ccccc2n1CN1CCN(S(=O)(=O)c2ccc3c(c2)CCCC3)CC1. The van der Waals surface area contributed by atoms with E-state index in [1.165, 1.54) is 17.5 Å². The highest BCUT2D eigenvalue weighted by molar-refractivity contribution is 7.99. The van der Waals surface area contributed by atoms with Crippen molar-refractivity contribution in [3.8, 4) is 0 Å². The van der Waals surface area contributed by atoms with Gasteiger partial charge in [-0.3, -0.25) is 4.90 Å². The molecule has 0 bridgehead atoms. The number of piperazine rings is 1. The van der Waals surface area contributed by atoms with Crippen molar-refractivity contribution < 1.29 is 8.42 Å². The Balaban J connectivity index is 1.29. The molecule has 0 atom stereocenters. The summed E-state index contributed by atoms with van der Waals surface area (Å²) in [6.45, 7) is 6.92. The van der Waals surface area contributed by atoms with Gasteiger partial charge in [-0.05, 0) is 61.1 Å². The number of benzene rings is 2. The second-order valence-corrected chi connectivity index (χ2v) is 11.6. The van der Waals surface area contributed by atoms with E-state index in [0.29, 0.717) is 37.7 Å². The van der Waals surface area contributed by atoms with Crippen LogP contribution in [0, 0.1) is 0 Å². The third-order valence-corrected chi connectivity index (χ3v) is 9.45. The number of nitrogens with zero attached hydrogens (tertiary/aromatic N) is 4. The Kier molecular flexibility index (Phi) is 6.60. The first-order valence-electron chi connectivity index (χ1n) is 11.6. The minimum Gasteiger partial charge on any atom is -0.305 e.